The smallest absolute Gasteiger partial charge is 0.309 e. The zero-order valence-electron chi connectivity index (χ0n) is 13.5. The monoisotopic (exact) mass is 373 g/mol. The van der Waals surface area contributed by atoms with Gasteiger partial charge in [0.15, 0.2) is 6.61 Å². The van der Waals surface area contributed by atoms with Gasteiger partial charge >= 0.3 is 5.97 Å². The van der Waals surface area contributed by atoms with Crippen molar-refractivity contribution in [1.82, 2.24) is 5.32 Å². The Kier molecular flexibility index (Phi) is 7.18. The topological polar surface area (TPSA) is 64.6 Å². The molecule has 1 aromatic rings. The van der Waals surface area contributed by atoms with Crippen LogP contribution < -0.4 is 10.1 Å². The molecule has 0 heterocycles. The van der Waals surface area contributed by atoms with Gasteiger partial charge in [-0.05, 0) is 37.0 Å². The highest BCUT2D eigenvalue weighted by molar-refractivity contribution is 6.35. The first-order chi connectivity index (χ1) is 11.5. The van der Waals surface area contributed by atoms with Gasteiger partial charge in [-0.25, -0.2) is 0 Å². The quantitative estimate of drug-likeness (QED) is 0.775. The number of amides is 1. The first-order valence-electron chi connectivity index (χ1n) is 7.93. The van der Waals surface area contributed by atoms with Crippen LogP contribution in [0.1, 0.15) is 25.7 Å². The Morgan fingerprint density at radius 3 is 2.71 bits per heavy atom. The van der Waals surface area contributed by atoms with Gasteiger partial charge in [0.25, 0.3) is 5.91 Å². The summed E-state index contributed by atoms with van der Waals surface area (Å²) in [6.45, 7) is 0.299. The molecule has 24 heavy (non-hydrogen) atoms. The lowest BCUT2D eigenvalue weighted by molar-refractivity contribution is -0.148. The van der Waals surface area contributed by atoms with Crippen molar-refractivity contribution >= 4 is 35.1 Å². The number of halogens is 2. The van der Waals surface area contributed by atoms with Gasteiger partial charge in [-0.3, -0.25) is 9.59 Å². The molecule has 0 bridgehead atoms. The normalized spacial score (nSPS) is 20.3. The molecular weight excluding hydrogens is 353 g/mol. The molecule has 1 aliphatic carbocycles. The molecule has 1 aromatic carbocycles. The highest BCUT2D eigenvalue weighted by atomic mass is 35.5. The summed E-state index contributed by atoms with van der Waals surface area (Å²) < 4.78 is 10.2. The Bertz CT molecular complexity index is 594. The fourth-order valence-electron chi connectivity index (χ4n) is 2.95. The lowest BCUT2D eigenvalue weighted by Gasteiger charge is -2.29. The molecule has 132 valence electrons. The molecule has 1 amide bonds. The predicted molar refractivity (Wildman–Crippen MR) is 92.4 cm³/mol. The Morgan fingerprint density at radius 2 is 2.00 bits per heavy atom. The minimum absolute atomic E-state index is 0.106. The van der Waals surface area contributed by atoms with Gasteiger partial charge in [0, 0.05) is 11.6 Å². The summed E-state index contributed by atoms with van der Waals surface area (Å²) in [4.78, 5) is 23.8. The van der Waals surface area contributed by atoms with Crippen molar-refractivity contribution in [2.75, 3.05) is 20.3 Å². The standard InChI is InChI=1S/C17H21Cl2NO4/c1-23-17(22)13-5-3-2-4-11(13)9-20-16(21)10-24-15-7-6-12(18)8-14(15)19/h6-8,11,13H,2-5,9-10H2,1H3,(H,20,21). The molecule has 2 atom stereocenters. The van der Waals surface area contributed by atoms with Gasteiger partial charge in [-0.1, -0.05) is 36.0 Å². The van der Waals surface area contributed by atoms with E-state index in [1.54, 1.807) is 18.2 Å². The Balaban J connectivity index is 1.80. The maximum atomic E-state index is 12.0. The van der Waals surface area contributed by atoms with Crippen molar-refractivity contribution in [2.45, 2.75) is 25.7 Å². The van der Waals surface area contributed by atoms with Gasteiger partial charge in [0.05, 0.1) is 18.1 Å². The first kappa shape index (κ1) is 18.9. The molecule has 0 spiro atoms. The lowest BCUT2D eigenvalue weighted by Crippen LogP contribution is -2.39. The molecule has 0 aromatic heterocycles. The SMILES string of the molecule is COC(=O)C1CCCCC1CNC(=O)COc1ccc(Cl)cc1Cl. The number of hydrogen-bond acceptors (Lipinski definition) is 4. The average Bonchev–Trinajstić information content (AvgIpc) is 2.58. The van der Waals surface area contributed by atoms with E-state index in [9.17, 15) is 9.59 Å². The highest BCUT2D eigenvalue weighted by Crippen LogP contribution is 2.30. The number of carbonyl (C=O) groups excluding carboxylic acids is 2. The number of carbonyl (C=O) groups is 2. The second-order valence-electron chi connectivity index (χ2n) is 5.84. The molecule has 0 aliphatic heterocycles. The summed E-state index contributed by atoms with van der Waals surface area (Å²) in [5.74, 6) is -0.0837. The second-order valence-corrected chi connectivity index (χ2v) is 6.69. The summed E-state index contributed by atoms with van der Waals surface area (Å²) >= 11 is 11.8. The number of nitrogens with one attached hydrogen (secondary N) is 1. The molecule has 1 N–H and O–H groups in total. The van der Waals surface area contributed by atoms with Crippen LogP contribution in [0, 0.1) is 11.8 Å². The molecule has 2 unspecified atom stereocenters. The molecule has 7 heteroatoms. The molecule has 2 rings (SSSR count). The van der Waals surface area contributed by atoms with E-state index in [2.05, 4.69) is 5.32 Å². The van der Waals surface area contributed by atoms with Gasteiger partial charge in [-0.2, -0.15) is 0 Å². The number of benzene rings is 1. The average molecular weight is 374 g/mol. The summed E-state index contributed by atoms with van der Waals surface area (Å²) in [7, 11) is 1.40. The minimum atomic E-state index is -0.254. The third-order valence-electron chi connectivity index (χ3n) is 4.23. The third-order valence-corrected chi connectivity index (χ3v) is 4.76. The molecular formula is C17H21Cl2NO4. The van der Waals surface area contributed by atoms with Gasteiger partial charge in [0.2, 0.25) is 0 Å². The predicted octanol–water partition coefficient (Wildman–Crippen LogP) is 3.47. The van der Waals surface area contributed by atoms with Crippen LogP contribution >= 0.6 is 23.2 Å². The Hall–Kier alpha value is -1.46. The van der Waals surface area contributed by atoms with Crippen LogP contribution in [0.25, 0.3) is 0 Å². The van der Waals surface area contributed by atoms with Gasteiger partial charge < -0.3 is 14.8 Å². The third kappa shape index (κ3) is 5.28. The van der Waals surface area contributed by atoms with Crippen molar-refractivity contribution in [3.8, 4) is 5.75 Å². The van der Waals surface area contributed by atoms with Crippen LogP contribution in [0.2, 0.25) is 10.0 Å². The van der Waals surface area contributed by atoms with Crippen LogP contribution in [0.5, 0.6) is 5.75 Å². The number of ether oxygens (including phenoxy) is 2. The fraction of sp³-hybridized carbons (Fsp3) is 0.529. The minimum Gasteiger partial charge on any atom is -0.482 e. The lowest BCUT2D eigenvalue weighted by atomic mass is 9.79. The van der Waals surface area contributed by atoms with Crippen LogP contribution in [0.3, 0.4) is 0 Å². The number of esters is 1. The molecule has 1 aliphatic rings. The summed E-state index contributed by atoms with van der Waals surface area (Å²) in [6.07, 6.45) is 3.79. The van der Waals surface area contributed by atoms with Crippen molar-refractivity contribution in [3.63, 3.8) is 0 Å². The number of hydrogen-bond donors (Lipinski definition) is 1. The summed E-state index contributed by atoms with van der Waals surface area (Å²) in [6, 6.07) is 4.81. The molecule has 5 nitrogen and oxygen atoms in total. The summed E-state index contributed by atoms with van der Waals surface area (Å²) in [5.41, 5.74) is 0. The van der Waals surface area contributed by atoms with E-state index in [-0.39, 0.29) is 30.3 Å². The number of rotatable bonds is 6. The van der Waals surface area contributed by atoms with Crippen molar-refractivity contribution in [3.05, 3.63) is 28.2 Å². The maximum absolute atomic E-state index is 12.0. The second kappa shape index (κ2) is 9.14. The largest absolute Gasteiger partial charge is 0.482 e. The molecule has 0 saturated heterocycles. The van der Waals surface area contributed by atoms with E-state index in [0.29, 0.717) is 22.3 Å². The van der Waals surface area contributed by atoms with E-state index >= 15 is 0 Å². The van der Waals surface area contributed by atoms with Crippen LogP contribution in [-0.4, -0.2) is 32.1 Å². The number of methoxy groups -OCH3 is 1. The fourth-order valence-corrected chi connectivity index (χ4v) is 3.41. The van der Waals surface area contributed by atoms with E-state index in [4.69, 9.17) is 32.7 Å². The van der Waals surface area contributed by atoms with E-state index < -0.39 is 0 Å². The first-order valence-corrected chi connectivity index (χ1v) is 8.69. The summed E-state index contributed by atoms with van der Waals surface area (Å²) in [5, 5.41) is 3.68. The van der Waals surface area contributed by atoms with Crippen LogP contribution in [0.4, 0.5) is 0 Å². The van der Waals surface area contributed by atoms with E-state index in [1.165, 1.54) is 7.11 Å². The van der Waals surface area contributed by atoms with E-state index in [0.717, 1.165) is 25.7 Å². The maximum Gasteiger partial charge on any atom is 0.309 e. The van der Waals surface area contributed by atoms with E-state index in [1.807, 2.05) is 0 Å². The van der Waals surface area contributed by atoms with Crippen molar-refractivity contribution < 1.29 is 19.1 Å². The molecule has 1 fully saturated rings. The molecule has 0 radical (unpaired) electrons. The zero-order chi connectivity index (χ0) is 17.5. The van der Waals surface area contributed by atoms with Crippen LogP contribution in [-0.2, 0) is 14.3 Å². The van der Waals surface area contributed by atoms with Gasteiger partial charge in [0.1, 0.15) is 5.75 Å². The Labute approximate surface area is 151 Å². The van der Waals surface area contributed by atoms with Crippen molar-refractivity contribution in [2.24, 2.45) is 11.8 Å². The highest BCUT2D eigenvalue weighted by Gasteiger charge is 2.31. The molecule has 1 saturated carbocycles. The van der Waals surface area contributed by atoms with Gasteiger partial charge in [-0.15, -0.1) is 0 Å². The zero-order valence-corrected chi connectivity index (χ0v) is 15.0. The van der Waals surface area contributed by atoms with Crippen LogP contribution in [0.15, 0.2) is 18.2 Å². The van der Waals surface area contributed by atoms with Crippen molar-refractivity contribution in [1.29, 1.82) is 0 Å². The Morgan fingerprint density at radius 1 is 1.25 bits per heavy atom.